The summed E-state index contributed by atoms with van der Waals surface area (Å²) in [5.74, 6) is 0. The number of alkyl halides is 3. The highest BCUT2D eigenvalue weighted by molar-refractivity contribution is 7.97. The van der Waals surface area contributed by atoms with Crippen molar-refractivity contribution in [1.29, 1.82) is 0 Å². The number of carbonyl (C=O) groups excluding carboxylic acids is 1. The molecule has 0 aromatic heterocycles. The van der Waals surface area contributed by atoms with Gasteiger partial charge in [-0.15, -0.1) is 0 Å². The molecule has 1 amide bonds. The normalized spacial score (nSPS) is 16.8. The fourth-order valence-corrected chi connectivity index (χ4v) is 3.91. The first kappa shape index (κ1) is 22.8. The standard InChI is InChI=1S/C19H27F3N2O3S/c1-18(2,3)27-17(25)23-14-7-9-24(10-8-14)28-15-5-6-16(19(20,21)22)13(11-15)12-26-4/h5-6,11,14H,7-10,12H2,1-4H3,(H,23,25). The zero-order valence-corrected chi connectivity index (χ0v) is 17.4. The predicted octanol–water partition coefficient (Wildman–Crippen LogP) is 4.85. The number of piperidine rings is 1. The van der Waals surface area contributed by atoms with Crippen molar-refractivity contribution >= 4 is 18.0 Å². The SMILES string of the molecule is COCc1cc(SN2CCC(NC(=O)OC(C)(C)C)CC2)ccc1C(F)(F)F. The van der Waals surface area contributed by atoms with Gasteiger partial charge in [-0.05, 0) is 69.3 Å². The molecule has 5 nitrogen and oxygen atoms in total. The highest BCUT2D eigenvalue weighted by Crippen LogP contribution is 2.35. The summed E-state index contributed by atoms with van der Waals surface area (Å²) in [7, 11) is 1.38. The lowest BCUT2D eigenvalue weighted by atomic mass is 10.1. The van der Waals surface area contributed by atoms with E-state index in [9.17, 15) is 18.0 Å². The molecule has 28 heavy (non-hydrogen) atoms. The Morgan fingerprint density at radius 3 is 2.43 bits per heavy atom. The molecular weight excluding hydrogens is 393 g/mol. The molecule has 2 rings (SSSR count). The van der Waals surface area contributed by atoms with Gasteiger partial charge >= 0.3 is 12.3 Å². The van der Waals surface area contributed by atoms with E-state index < -0.39 is 23.4 Å². The van der Waals surface area contributed by atoms with Gasteiger partial charge in [0.25, 0.3) is 0 Å². The van der Waals surface area contributed by atoms with Gasteiger partial charge in [0, 0.05) is 31.1 Å². The average Bonchev–Trinajstić information content (AvgIpc) is 2.54. The number of ether oxygens (including phenoxy) is 2. The van der Waals surface area contributed by atoms with Crippen molar-refractivity contribution in [2.75, 3.05) is 20.2 Å². The molecule has 0 spiro atoms. The van der Waals surface area contributed by atoms with Crippen molar-refractivity contribution in [3.05, 3.63) is 29.3 Å². The van der Waals surface area contributed by atoms with E-state index in [0.29, 0.717) is 13.1 Å². The number of hydrogen-bond donors (Lipinski definition) is 1. The third-order valence-corrected chi connectivity index (χ3v) is 5.18. The Kier molecular flexibility index (Phi) is 7.64. The Bertz CT molecular complexity index is 669. The first-order chi connectivity index (χ1) is 13.0. The van der Waals surface area contributed by atoms with Gasteiger partial charge in [0.2, 0.25) is 0 Å². The highest BCUT2D eigenvalue weighted by atomic mass is 32.2. The molecule has 0 unspecified atom stereocenters. The number of carbonyl (C=O) groups is 1. The molecular formula is C19H27F3N2O3S. The molecule has 0 saturated carbocycles. The Hall–Kier alpha value is -1.45. The zero-order chi connectivity index (χ0) is 20.9. The fraction of sp³-hybridized carbons (Fsp3) is 0.632. The number of halogens is 3. The van der Waals surface area contributed by atoms with E-state index in [1.54, 1.807) is 0 Å². The molecule has 1 aromatic carbocycles. The topological polar surface area (TPSA) is 50.8 Å². The molecule has 1 saturated heterocycles. The number of nitrogens with zero attached hydrogens (tertiary/aromatic N) is 1. The molecule has 158 valence electrons. The summed E-state index contributed by atoms with van der Waals surface area (Å²) in [5, 5.41) is 2.87. The van der Waals surface area contributed by atoms with Gasteiger partial charge < -0.3 is 14.8 Å². The van der Waals surface area contributed by atoms with Gasteiger partial charge in [-0.1, -0.05) is 0 Å². The molecule has 1 aliphatic rings. The summed E-state index contributed by atoms with van der Waals surface area (Å²) in [4.78, 5) is 12.6. The second-order valence-electron chi connectivity index (χ2n) is 7.69. The van der Waals surface area contributed by atoms with Gasteiger partial charge in [0.05, 0.1) is 12.2 Å². The molecule has 1 heterocycles. The van der Waals surface area contributed by atoms with E-state index in [1.807, 2.05) is 20.8 Å². The maximum absolute atomic E-state index is 13.1. The van der Waals surface area contributed by atoms with E-state index in [2.05, 4.69) is 9.62 Å². The molecule has 1 N–H and O–H groups in total. The molecule has 0 atom stereocenters. The average molecular weight is 420 g/mol. The number of alkyl carbamates (subject to hydrolysis) is 1. The summed E-state index contributed by atoms with van der Waals surface area (Å²) in [5.41, 5.74) is -1.08. The van der Waals surface area contributed by atoms with Gasteiger partial charge in [-0.2, -0.15) is 13.2 Å². The first-order valence-electron chi connectivity index (χ1n) is 9.09. The number of benzene rings is 1. The van der Waals surface area contributed by atoms with Gasteiger partial charge in [0.15, 0.2) is 0 Å². The fourth-order valence-electron chi connectivity index (χ4n) is 2.89. The highest BCUT2D eigenvalue weighted by Gasteiger charge is 2.33. The van der Waals surface area contributed by atoms with Crippen LogP contribution in [0, 0.1) is 0 Å². The summed E-state index contributed by atoms with van der Waals surface area (Å²) in [6.45, 7) is 6.78. The third-order valence-electron chi connectivity index (χ3n) is 4.09. The maximum atomic E-state index is 13.1. The summed E-state index contributed by atoms with van der Waals surface area (Å²) in [6, 6.07) is 4.15. The molecule has 0 bridgehead atoms. The first-order valence-corrected chi connectivity index (χ1v) is 9.87. The molecule has 1 fully saturated rings. The van der Waals surface area contributed by atoms with Crippen LogP contribution in [-0.2, 0) is 22.3 Å². The van der Waals surface area contributed by atoms with Crippen LogP contribution in [0.1, 0.15) is 44.7 Å². The van der Waals surface area contributed by atoms with Gasteiger partial charge in [-0.25, -0.2) is 9.10 Å². The monoisotopic (exact) mass is 420 g/mol. The molecule has 0 radical (unpaired) electrons. The van der Waals surface area contributed by atoms with Crippen molar-refractivity contribution in [2.45, 2.75) is 62.9 Å². The number of rotatable bonds is 5. The summed E-state index contributed by atoms with van der Waals surface area (Å²) < 4.78 is 51.6. The third kappa shape index (κ3) is 7.18. The lowest BCUT2D eigenvalue weighted by molar-refractivity contribution is -0.138. The van der Waals surface area contributed by atoms with Crippen LogP contribution in [0.3, 0.4) is 0 Å². The lowest BCUT2D eigenvalue weighted by Gasteiger charge is -2.32. The molecule has 1 aromatic rings. The predicted molar refractivity (Wildman–Crippen MR) is 102 cm³/mol. The lowest BCUT2D eigenvalue weighted by Crippen LogP contribution is -2.44. The van der Waals surface area contributed by atoms with Crippen LogP contribution in [0.4, 0.5) is 18.0 Å². The maximum Gasteiger partial charge on any atom is 0.416 e. The van der Waals surface area contributed by atoms with E-state index in [0.717, 1.165) is 23.8 Å². The number of amides is 1. The quantitative estimate of drug-likeness (QED) is 0.691. The minimum absolute atomic E-state index is 0.0309. The minimum Gasteiger partial charge on any atom is -0.444 e. The Balaban J connectivity index is 1.90. The Morgan fingerprint density at radius 2 is 1.89 bits per heavy atom. The van der Waals surface area contributed by atoms with Crippen molar-refractivity contribution < 1.29 is 27.4 Å². The zero-order valence-electron chi connectivity index (χ0n) is 16.6. The molecule has 0 aliphatic carbocycles. The second kappa shape index (κ2) is 9.37. The van der Waals surface area contributed by atoms with E-state index in [-0.39, 0.29) is 18.2 Å². The smallest absolute Gasteiger partial charge is 0.416 e. The number of nitrogens with one attached hydrogen (secondary N) is 1. The van der Waals surface area contributed by atoms with Crippen molar-refractivity contribution in [1.82, 2.24) is 9.62 Å². The second-order valence-corrected chi connectivity index (χ2v) is 8.86. The van der Waals surface area contributed by atoms with E-state index in [1.165, 1.54) is 31.2 Å². The van der Waals surface area contributed by atoms with Crippen LogP contribution >= 0.6 is 11.9 Å². The van der Waals surface area contributed by atoms with Crippen molar-refractivity contribution in [2.24, 2.45) is 0 Å². The minimum atomic E-state index is -4.40. The molecule has 9 heteroatoms. The summed E-state index contributed by atoms with van der Waals surface area (Å²) in [6.07, 6.45) is -3.33. The van der Waals surface area contributed by atoms with Crippen LogP contribution in [0.25, 0.3) is 0 Å². The molecule has 1 aliphatic heterocycles. The van der Waals surface area contributed by atoms with Gasteiger partial charge in [-0.3, -0.25) is 0 Å². The van der Waals surface area contributed by atoms with Crippen molar-refractivity contribution in [3.8, 4) is 0 Å². The Labute approximate surface area is 168 Å². The van der Waals surface area contributed by atoms with Crippen LogP contribution < -0.4 is 5.32 Å². The summed E-state index contributed by atoms with van der Waals surface area (Å²) >= 11 is 1.42. The Morgan fingerprint density at radius 1 is 1.25 bits per heavy atom. The van der Waals surface area contributed by atoms with Crippen LogP contribution in [0.2, 0.25) is 0 Å². The van der Waals surface area contributed by atoms with Gasteiger partial charge in [0.1, 0.15) is 5.60 Å². The largest absolute Gasteiger partial charge is 0.444 e. The van der Waals surface area contributed by atoms with E-state index >= 15 is 0 Å². The van der Waals surface area contributed by atoms with Crippen LogP contribution in [0.15, 0.2) is 23.1 Å². The van der Waals surface area contributed by atoms with Crippen molar-refractivity contribution in [3.63, 3.8) is 0 Å². The van der Waals surface area contributed by atoms with E-state index in [4.69, 9.17) is 9.47 Å². The van der Waals surface area contributed by atoms with Crippen LogP contribution in [0.5, 0.6) is 0 Å². The number of methoxy groups -OCH3 is 1. The van der Waals surface area contributed by atoms with Crippen LogP contribution in [-0.4, -0.2) is 42.2 Å². The number of hydrogen-bond acceptors (Lipinski definition) is 5.